The van der Waals surface area contributed by atoms with Crippen LogP contribution in [-0.4, -0.2) is 34.6 Å². The third kappa shape index (κ3) is 3.18. The van der Waals surface area contributed by atoms with E-state index in [1.54, 1.807) is 23.2 Å². The molecular weight excluding hydrogens is 258 g/mol. The first-order valence-corrected chi connectivity index (χ1v) is 7.97. The van der Waals surface area contributed by atoms with Gasteiger partial charge in [-0.05, 0) is 52.0 Å². The van der Waals surface area contributed by atoms with Crippen molar-refractivity contribution in [1.82, 2.24) is 4.90 Å². The van der Waals surface area contributed by atoms with Crippen LogP contribution in [0.5, 0.6) is 0 Å². The maximum Gasteiger partial charge on any atom is 0.255 e. The molecule has 1 atom stereocenters. The van der Waals surface area contributed by atoms with Crippen molar-refractivity contribution in [3.63, 3.8) is 0 Å². The highest BCUT2D eigenvalue weighted by Crippen LogP contribution is 2.31. The number of hydrogen-bond donors (Lipinski definition) is 1. The molecule has 0 spiro atoms. The molecule has 0 radical (unpaired) electrons. The molecule has 3 nitrogen and oxygen atoms in total. The summed E-state index contributed by atoms with van der Waals surface area (Å²) in [4.78, 5) is 15.8. The highest BCUT2D eigenvalue weighted by molar-refractivity contribution is 7.10. The molecule has 2 rings (SSSR count). The predicted octanol–water partition coefficient (Wildman–Crippen LogP) is 2.86. The average Bonchev–Trinajstić information content (AvgIpc) is 2.78. The molecule has 0 fully saturated rings. The van der Waals surface area contributed by atoms with Crippen LogP contribution < -0.4 is 0 Å². The van der Waals surface area contributed by atoms with Crippen molar-refractivity contribution in [3.05, 3.63) is 21.4 Å². The quantitative estimate of drug-likeness (QED) is 0.922. The molecule has 1 amide bonds. The first-order valence-electron chi connectivity index (χ1n) is 7.09. The summed E-state index contributed by atoms with van der Waals surface area (Å²) in [6, 6.07) is 0.112. The van der Waals surface area contributed by atoms with Crippen LogP contribution in [0.4, 0.5) is 0 Å². The molecule has 19 heavy (non-hydrogen) atoms. The maximum atomic E-state index is 12.7. The van der Waals surface area contributed by atoms with Crippen LogP contribution >= 0.6 is 11.3 Å². The number of rotatable bonds is 4. The second-order valence-electron chi connectivity index (χ2n) is 5.66. The molecule has 1 aromatic heterocycles. The molecule has 0 bridgehead atoms. The van der Waals surface area contributed by atoms with Crippen LogP contribution in [0, 0.1) is 0 Å². The zero-order chi connectivity index (χ0) is 14.0. The molecule has 0 aromatic carbocycles. The number of fused-ring (bicyclic) bond motifs is 1. The molecule has 0 saturated carbocycles. The number of carbonyl (C=O) groups is 1. The minimum absolute atomic E-state index is 0.0790. The lowest BCUT2D eigenvalue weighted by Gasteiger charge is -2.28. The summed E-state index contributed by atoms with van der Waals surface area (Å²) in [5, 5.41) is 11.6. The zero-order valence-corrected chi connectivity index (χ0v) is 12.8. The van der Waals surface area contributed by atoms with E-state index in [0.29, 0.717) is 6.54 Å². The normalized spacial score (nSPS) is 16.3. The Labute approximate surface area is 119 Å². The third-order valence-electron chi connectivity index (χ3n) is 3.64. The molecule has 106 valence electrons. The van der Waals surface area contributed by atoms with Crippen LogP contribution in [-0.2, 0) is 12.8 Å². The summed E-state index contributed by atoms with van der Waals surface area (Å²) in [6.45, 7) is 6.13. The van der Waals surface area contributed by atoms with Crippen molar-refractivity contribution < 1.29 is 9.90 Å². The number of hydrogen-bond acceptors (Lipinski definition) is 3. The Morgan fingerprint density at radius 2 is 2.05 bits per heavy atom. The molecule has 1 heterocycles. The summed E-state index contributed by atoms with van der Waals surface area (Å²) in [7, 11) is 0. The van der Waals surface area contributed by atoms with Gasteiger partial charge in [0.05, 0.1) is 11.7 Å². The minimum atomic E-state index is -0.485. The number of thiophene rings is 1. The van der Waals surface area contributed by atoms with Crippen LogP contribution in [0.25, 0.3) is 0 Å². The Morgan fingerprint density at radius 1 is 1.37 bits per heavy atom. The highest BCUT2D eigenvalue weighted by atomic mass is 32.1. The summed E-state index contributed by atoms with van der Waals surface area (Å²) in [6.07, 6.45) is 4.08. The topological polar surface area (TPSA) is 40.5 Å². The number of aliphatic hydroxyl groups is 1. The van der Waals surface area contributed by atoms with E-state index in [9.17, 15) is 9.90 Å². The molecule has 0 saturated heterocycles. The first-order chi connectivity index (χ1) is 9.00. The Balaban J connectivity index is 2.24. The van der Waals surface area contributed by atoms with Crippen LogP contribution in [0.15, 0.2) is 5.38 Å². The largest absolute Gasteiger partial charge is 0.392 e. The second kappa shape index (κ2) is 6.06. The smallest absolute Gasteiger partial charge is 0.255 e. The molecular formula is C15H23NO2S. The fourth-order valence-electron chi connectivity index (χ4n) is 2.64. The van der Waals surface area contributed by atoms with Crippen LogP contribution in [0.2, 0.25) is 0 Å². The van der Waals surface area contributed by atoms with E-state index >= 15 is 0 Å². The van der Waals surface area contributed by atoms with Crippen LogP contribution in [0.3, 0.4) is 0 Å². The maximum absolute atomic E-state index is 12.7. The molecule has 1 aromatic rings. The van der Waals surface area contributed by atoms with Gasteiger partial charge in [0, 0.05) is 22.8 Å². The summed E-state index contributed by atoms with van der Waals surface area (Å²) in [5.41, 5.74) is 2.13. The number of aryl methyl sites for hydroxylation is 1. The Morgan fingerprint density at radius 3 is 2.68 bits per heavy atom. The Bertz CT molecular complexity index is 451. The van der Waals surface area contributed by atoms with Gasteiger partial charge in [-0.2, -0.15) is 0 Å². The van der Waals surface area contributed by atoms with E-state index in [1.807, 2.05) is 19.2 Å². The molecule has 1 aliphatic rings. The standard InChI is InChI=1S/C15H23NO2S/c1-10(2)16(8-11(3)17)15(18)13-9-19-14-7-5-4-6-12(13)14/h9-11,17H,4-8H2,1-3H3. The predicted molar refractivity (Wildman–Crippen MR) is 78.8 cm³/mol. The fourth-order valence-corrected chi connectivity index (χ4v) is 3.76. The number of aliphatic hydroxyl groups excluding tert-OH is 1. The number of nitrogens with zero attached hydrogens (tertiary/aromatic N) is 1. The molecule has 1 N–H and O–H groups in total. The van der Waals surface area contributed by atoms with Crippen LogP contribution in [0.1, 0.15) is 54.4 Å². The molecule has 1 aliphatic carbocycles. The van der Waals surface area contributed by atoms with Crippen molar-refractivity contribution in [3.8, 4) is 0 Å². The van der Waals surface area contributed by atoms with Gasteiger partial charge in [-0.15, -0.1) is 11.3 Å². The molecule has 0 aliphatic heterocycles. The van der Waals surface area contributed by atoms with E-state index < -0.39 is 6.10 Å². The third-order valence-corrected chi connectivity index (χ3v) is 4.73. The van der Waals surface area contributed by atoms with Gasteiger partial charge in [0.25, 0.3) is 5.91 Å². The highest BCUT2D eigenvalue weighted by Gasteiger charge is 2.26. The molecule has 4 heteroatoms. The van der Waals surface area contributed by atoms with Gasteiger partial charge in [0.15, 0.2) is 0 Å². The van der Waals surface area contributed by atoms with E-state index in [2.05, 4.69) is 0 Å². The minimum Gasteiger partial charge on any atom is -0.392 e. The lowest BCUT2D eigenvalue weighted by atomic mass is 9.95. The van der Waals surface area contributed by atoms with Gasteiger partial charge >= 0.3 is 0 Å². The van der Waals surface area contributed by atoms with Gasteiger partial charge in [-0.1, -0.05) is 0 Å². The lowest BCUT2D eigenvalue weighted by molar-refractivity contribution is 0.0578. The van der Waals surface area contributed by atoms with Gasteiger partial charge in [0.1, 0.15) is 0 Å². The average molecular weight is 281 g/mol. The Hall–Kier alpha value is -0.870. The monoisotopic (exact) mass is 281 g/mol. The van der Waals surface area contributed by atoms with E-state index in [0.717, 1.165) is 18.4 Å². The molecule has 1 unspecified atom stereocenters. The summed E-state index contributed by atoms with van der Waals surface area (Å²) in [5.74, 6) is 0.0790. The van der Waals surface area contributed by atoms with E-state index in [1.165, 1.54) is 23.3 Å². The fraction of sp³-hybridized carbons (Fsp3) is 0.667. The zero-order valence-electron chi connectivity index (χ0n) is 12.0. The summed E-state index contributed by atoms with van der Waals surface area (Å²) >= 11 is 1.72. The van der Waals surface area contributed by atoms with Gasteiger partial charge in [-0.25, -0.2) is 0 Å². The SMILES string of the molecule is CC(O)CN(C(=O)c1csc2c1CCCC2)C(C)C. The van der Waals surface area contributed by atoms with Crippen molar-refractivity contribution in [2.45, 2.75) is 58.6 Å². The van der Waals surface area contributed by atoms with Crippen molar-refractivity contribution >= 4 is 17.2 Å². The van der Waals surface area contributed by atoms with E-state index in [-0.39, 0.29) is 11.9 Å². The number of amides is 1. The van der Waals surface area contributed by atoms with E-state index in [4.69, 9.17) is 0 Å². The number of carbonyl (C=O) groups excluding carboxylic acids is 1. The van der Waals surface area contributed by atoms with Gasteiger partial charge < -0.3 is 10.0 Å². The second-order valence-corrected chi connectivity index (χ2v) is 6.62. The lowest BCUT2D eigenvalue weighted by Crippen LogP contribution is -2.41. The van der Waals surface area contributed by atoms with Crippen molar-refractivity contribution in [2.24, 2.45) is 0 Å². The van der Waals surface area contributed by atoms with Gasteiger partial charge in [-0.3, -0.25) is 4.79 Å². The van der Waals surface area contributed by atoms with Gasteiger partial charge in [0.2, 0.25) is 0 Å². The summed E-state index contributed by atoms with van der Waals surface area (Å²) < 4.78 is 0. The Kier molecular flexibility index (Phi) is 4.63. The van der Waals surface area contributed by atoms with Crippen molar-refractivity contribution in [2.75, 3.05) is 6.54 Å². The van der Waals surface area contributed by atoms with Crippen molar-refractivity contribution in [1.29, 1.82) is 0 Å². The first kappa shape index (κ1) is 14.5.